The van der Waals surface area contributed by atoms with Crippen molar-refractivity contribution < 1.29 is 5.11 Å². The molecular formula is C13H16O. The van der Waals surface area contributed by atoms with E-state index in [1.165, 1.54) is 6.42 Å². The maximum absolute atomic E-state index is 9.38. The number of phenolic OH excluding ortho intramolecular Hbond substituents is 1. The summed E-state index contributed by atoms with van der Waals surface area (Å²) in [5.74, 6) is 2.50. The zero-order chi connectivity index (χ0) is 11.0. The normalized spacial score (nSPS) is 8.07. The minimum Gasteiger partial charge on any atom is -0.506 e. The number of aromatic hydroxyl groups is 1. The molecule has 0 heterocycles. The van der Waals surface area contributed by atoms with Gasteiger partial charge in [0.15, 0.2) is 0 Å². The van der Waals surface area contributed by atoms with Crippen LogP contribution in [-0.4, -0.2) is 5.11 Å². The minimum absolute atomic E-state index is 0.130. The van der Waals surface area contributed by atoms with E-state index in [1.54, 1.807) is 24.3 Å². The van der Waals surface area contributed by atoms with Crippen LogP contribution in [0.3, 0.4) is 0 Å². The van der Waals surface area contributed by atoms with Crippen molar-refractivity contribution in [2.75, 3.05) is 0 Å². The first kappa shape index (κ1) is 12.3. The Morgan fingerprint density at radius 2 is 2.07 bits per heavy atom. The van der Waals surface area contributed by atoms with Crippen LogP contribution in [0.15, 0.2) is 24.8 Å². The number of hydrogen-bond donors (Lipinski definition) is 1. The van der Waals surface area contributed by atoms with Gasteiger partial charge in [-0.05, 0) is 6.07 Å². The molecule has 0 saturated heterocycles. The number of rotatable bonds is 1. The Morgan fingerprint density at radius 3 is 2.50 bits per heavy atom. The smallest absolute Gasteiger partial charge is 0.138 e. The van der Waals surface area contributed by atoms with Gasteiger partial charge in [0.05, 0.1) is 5.56 Å². The molecule has 0 bridgehead atoms. The van der Waals surface area contributed by atoms with Gasteiger partial charge in [-0.2, -0.15) is 0 Å². The van der Waals surface area contributed by atoms with Crippen LogP contribution >= 0.6 is 0 Å². The van der Waals surface area contributed by atoms with Crippen LogP contribution in [0, 0.1) is 12.3 Å². The molecule has 0 unspecified atom stereocenters. The van der Waals surface area contributed by atoms with Crippen molar-refractivity contribution in [1.29, 1.82) is 0 Å². The lowest BCUT2D eigenvalue weighted by molar-refractivity contribution is 0.472. The van der Waals surface area contributed by atoms with Gasteiger partial charge in [0.1, 0.15) is 5.75 Å². The van der Waals surface area contributed by atoms with Crippen LogP contribution in [0.5, 0.6) is 5.75 Å². The zero-order valence-electron chi connectivity index (χ0n) is 8.75. The van der Waals surface area contributed by atoms with Gasteiger partial charge in [-0.1, -0.05) is 51.0 Å². The molecule has 0 aliphatic heterocycles. The molecular weight excluding hydrogens is 172 g/mol. The van der Waals surface area contributed by atoms with Crippen molar-refractivity contribution in [1.82, 2.24) is 0 Å². The highest BCUT2D eigenvalue weighted by atomic mass is 16.3. The third kappa shape index (κ3) is 3.37. The van der Waals surface area contributed by atoms with Gasteiger partial charge in [-0.25, -0.2) is 0 Å². The third-order valence-corrected chi connectivity index (χ3v) is 1.44. The molecule has 0 fully saturated rings. The summed E-state index contributed by atoms with van der Waals surface area (Å²) >= 11 is 0. The molecule has 0 atom stereocenters. The number of terminal acetylenes is 1. The third-order valence-electron chi connectivity index (χ3n) is 1.44. The van der Waals surface area contributed by atoms with Crippen LogP contribution in [0.4, 0.5) is 0 Å². The second-order valence-corrected chi connectivity index (χ2v) is 2.80. The van der Waals surface area contributed by atoms with E-state index in [4.69, 9.17) is 6.42 Å². The number of para-hydroxylation sites is 1. The molecule has 1 rings (SSSR count). The molecule has 0 amide bonds. The molecule has 14 heavy (non-hydrogen) atoms. The van der Waals surface area contributed by atoms with Gasteiger partial charge >= 0.3 is 0 Å². The molecule has 1 N–H and O–H groups in total. The predicted molar refractivity (Wildman–Crippen MR) is 62.1 cm³/mol. The molecule has 0 spiro atoms. The van der Waals surface area contributed by atoms with Crippen LogP contribution in [0.1, 0.15) is 31.4 Å². The Balaban J connectivity index is 0.000000500. The van der Waals surface area contributed by atoms with Gasteiger partial charge in [0.2, 0.25) is 0 Å². The van der Waals surface area contributed by atoms with Gasteiger partial charge in [0.25, 0.3) is 0 Å². The molecule has 0 radical (unpaired) electrons. The monoisotopic (exact) mass is 188 g/mol. The van der Waals surface area contributed by atoms with Gasteiger partial charge in [-0.15, -0.1) is 6.42 Å². The van der Waals surface area contributed by atoms with Gasteiger partial charge < -0.3 is 5.11 Å². The molecule has 1 heteroatoms. The van der Waals surface area contributed by atoms with E-state index in [9.17, 15) is 5.11 Å². The summed E-state index contributed by atoms with van der Waals surface area (Å²) in [6.07, 6.45) is 7.95. The number of benzene rings is 1. The molecule has 0 aliphatic carbocycles. The van der Waals surface area contributed by atoms with Crippen molar-refractivity contribution in [3.05, 3.63) is 35.9 Å². The quantitative estimate of drug-likeness (QED) is 0.669. The van der Waals surface area contributed by atoms with Crippen molar-refractivity contribution in [2.45, 2.75) is 20.3 Å². The summed E-state index contributed by atoms with van der Waals surface area (Å²) < 4.78 is 0. The summed E-state index contributed by atoms with van der Waals surface area (Å²) in [5, 5.41) is 9.38. The first-order valence-corrected chi connectivity index (χ1v) is 4.62. The SMILES string of the molecule is C#Cc1cccc(C=C)c1O.CCC. The molecule has 1 nitrogen and oxygen atoms in total. The fourth-order valence-corrected chi connectivity index (χ4v) is 0.843. The maximum atomic E-state index is 9.38. The lowest BCUT2D eigenvalue weighted by Gasteiger charge is -1.99. The molecule has 0 aromatic heterocycles. The fraction of sp³-hybridized carbons (Fsp3) is 0.231. The van der Waals surface area contributed by atoms with E-state index in [1.807, 2.05) is 0 Å². The Bertz CT molecular complexity index is 332. The minimum atomic E-state index is 0.130. The van der Waals surface area contributed by atoms with E-state index in [0.29, 0.717) is 11.1 Å². The Morgan fingerprint density at radius 1 is 1.50 bits per heavy atom. The standard InChI is InChI=1S/C10H8O.C3H8/c1-3-8-6-5-7-9(4-2)10(8)11;1-3-2/h1,4-7,11H,2H2;3H2,1-2H3. The summed E-state index contributed by atoms with van der Waals surface area (Å²) in [4.78, 5) is 0. The van der Waals surface area contributed by atoms with Crippen LogP contribution in [0.25, 0.3) is 6.08 Å². The molecule has 74 valence electrons. The highest BCUT2D eigenvalue weighted by Crippen LogP contribution is 2.21. The van der Waals surface area contributed by atoms with Crippen molar-refractivity contribution in [2.24, 2.45) is 0 Å². The van der Waals surface area contributed by atoms with Crippen molar-refractivity contribution >= 4 is 6.08 Å². The number of hydrogen-bond acceptors (Lipinski definition) is 1. The molecule has 0 saturated carbocycles. The van der Waals surface area contributed by atoms with E-state index < -0.39 is 0 Å². The van der Waals surface area contributed by atoms with Gasteiger partial charge in [0, 0.05) is 5.56 Å². The first-order chi connectivity index (χ1) is 6.71. The summed E-state index contributed by atoms with van der Waals surface area (Å²) in [6.45, 7) is 7.79. The lowest BCUT2D eigenvalue weighted by atomic mass is 10.1. The van der Waals surface area contributed by atoms with E-state index >= 15 is 0 Å². The molecule has 1 aromatic carbocycles. The average Bonchev–Trinajstić information content (AvgIpc) is 2.19. The van der Waals surface area contributed by atoms with Gasteiger partial charge in [-0.3, -0.25) is 0 Å². The van der Waals surface area contributed by atoms with E-state index in [2.05, 4.69) is 26.3 Å². The molecule has 1 aromatic rings. The summed E-state index contributed by atoms with van der Waals surface area (Å²) in [6, 6.07) is 5.22. The topological polar surface area (TPSA) is 20.2 Å². The Labute approximate surface area is 86.1 Å². The average molecular weight is 188 g/mol. The lowest BCUT2D eigenvalue weighted by Crippen LogP contribution is -1.79. The van der Waals surface area contributed by atoms with Crippen LogP contribution in [0.2, 0.25) is 0 Å². The molecule has 0 aliphatic rings. The predicted octanol–water partition coefficient (Wildman–Crippen LogP) is 3.43. The first-order valence-electron chi connectivity index (χ1n) is 4.62. The highest BCUT2D eigenvalue weighted by Gasteiger charge is 1.99. The highest BCUT2D eigenvalue weighted by molar-refractivity contribution is 5.61. The van der Waals surface area contributed by atoms with E-state index in [-0.39, 0.29) is 5.75 Å². The Kier molecular flexibility index (Phi) is 5.98. The zero-order valence-corrected chi connectivity index (χ0v) is 8.75. The van der Waals surface area contributed by atoms with Crippen LogP contribution in [-0.2, 0) is 0 Å². The summed E-state index contributed by atoms with van der Waals surface area (Å²) in [7, 11) is 0. The Hall–Kier alpha value is -1.68. The van der Waals surface area contributed by atoms with Crippen LogP contribution < -0.4 is 0 Å². The van der Waals surface area contributed by atoms with Crippen molar-refractivity contribution in [3.63, 3.8) is 0 Å². The summed E-state index contributed by atoms with van der Waals surface area (Å²) in [5.41, 5.74) is 1.17. The second kappa shape index (κ2) is 6.80. The number of phenols is 1. The largest absolute Gasteiger partial charge is 0.506 e. The maximum Gasteiger partial charge on any atom is 0.138 e. The fourth-order valence-electron chi connectivity index (χ4n) is 0.843. The van der Waals surface area contributed by atoms with E-state index in [0.717, 1.165) is 0 Å². The van der Waals surface area contributed by atoms with Crippen molar-refractivity contribution in [3.8, 4) is 18.1 Å². The second-order valence-electron chi connectivity index (χ2n) is 2.80.